The highest BCUT2D eigenvalue weighted by Crippen LogP contribution is 2.10. The fourth-order valence-electron chi connectivity index (χ4n) is 2.73. The Morgan fingerprint density at radius 1 is 1.20 bits per heavy atom. The molecule has 0 aromatic carbocycles. The lowest BCUT2D eigenvalue weighted by atomic mass is 10.1. The van der Waals surface area contributed by atoms with E-state index in [0.29, 0.717) is 25.4 Å². The smallest absolute Gasteiger partial charge is 0.275 e. The van der Waals surface area contributed by atoms with Crippen molar-refractivity contribution >= 4 is 40.1 Å². The fourth-order valence-corrected chi connectivity index (χ4v) is 4.03. The summed E-state index contributed by atoms with van der Waals surface area (Å²) >= 11 is 6.82. The van der Waals surface area contributed by atoms with Gasteiger partial charge in [0.25, 0.3) is 5.91 Å². The molecule has 6 nitrogen and oxygen atoms in total. The van der Waals surface area contributed by atoms with Crippen LogP contribution in [0.2, 0.25) is 0 Å². The van der Waals surface area contributed by atoms with Gasteiger partial charge in [-0.15, -0.1) is 0 Å². The van der Waals surface area contributed by atoms with Gasteiger partial charge in [-0.2, -0.15) is 0 Å². The van der Waals surface area contributed by atoms with E-state index in [-0.39, 0.29) is 17.4 Å². The second-order valence-corrected chi connectivity index (χ2v) is 8.94. The lowest BCUT2D eigenvalue weighted by Crippen LogP contribution is -3.16. The highest BCUT2D eigenvalue weighted by molar-refractivity contribution is 8.23. The zero-order valence-electron chi connectivity index (χ0n) is 16.2. The van der Waals surface area contributed by atoms with Gasteiger partial charge in [0.15, 0.2) is 6.54 Å². The van der Waals surface area contributed by atoms with Crippen molar-refractivity contribution < 1.29 is 14.5 Å². The first-order chi connectivity index (χ1) is 11.7. The number of amides is 2. The van der Waals surface area contributed by atoms with Crippen LogP contribution >= 0.6 is 24.0 Å². The monoisotopic (exact) mass is 389 g/mol. The number of quaternary nitrogens is 1. The van der Waals surface area contributed by atoms with Crippen LogP contribution in [-0.2, 0) is 9.59 Å². The Morgan fingerprint density at radius 3 is 2.24 bits per heavy atom. The van der Waals surface area contributed by atoms with Gasteiger partial charge in [-0.3, -0.25) is 9.59 Å². The van der Waals surface area contributed by atoms with E-state index in [0.717, 1.165) is 30.5 Å². The van der Waals surface area contributed by atoms with Crippen LogP contribution in [-0.4, -0.2) is 83.0 Å². The molecule has 0 unspecified atom stereocenters. The summed E-state index contributed by atoms with van der Waals surface area (Å²) in [5.74, 6) is 0.606. The molecule has 0 aromatic rings. The number of rotatable bonds is 6. The van der Waals surface area contributed by atoms with Crippen molar-refractivity contribution in [2.45, 2.75) is 40.2 Å². The zero-order valence-corrected chi connectivity index (χ0v) is 17.8. The van der Waals surface area contributed by atoms with Crippen molar-refractivity contribution in [3.63, 3.8) is 0 Å². The third-order valence-electron chi connectivity index (χ3n) is 4.09. The maximum Gasteiger partial charge on any atom is 0.275 e. The van der Waals surface area contributed by atoms with E-state index in [9.17, 15) is 9.59 Å². The molecule has 0 spiro atoms. The molecule has 0 aromatic heterocycles. The molecule has 0 saturated carbocycles. The maximum absolute atomic E-state index is 12.4. The van der Waals surface area contributed by atoms with Crippen molar-refractivity contribution in [3.05, 3.63) is 0 Å². The summed E-state index contributed by atoms with van der Waals surface area (Å²) in [6, 6.07) is 0. The van der Waals surface area contributed by atoms with E-state index in [1.807, 2.05) is 25.7 Å². The summed E-state index contributed by atoms with van der Waals surface area (Å²) in [5.41, 5.74) is -0.200. The number of piperazine rings is 1. The van der Waals surface area contributed by atoms with E-state index in [4.69, 9.17) is 12.2 Å². The van der Waals surface area contributed by atoms with Crippen molar-refractivity contribution in [3.8, 4) is 0 Å². The Morgan fingerprint density at radius 2 is 1.76 bits per heavy atom. The Hall–Kier alpha value is -0.860. The summed E-state index contributed by atoms with van der Waals surface area (Å²) in [7, 11) is 0. The number of carbonyl (C=O) groups is 2. The van der Waals surface area contributed by atoms with Gasteiger partial charge in [-0.1, -0.05) is 24.0 Å². The summed E-state index contributed by atoms with van der Waals surface area (Å²) in [6.45, 7) is 15.3. The molecule has 0 aliphatic carbocycles. The number of hydrogen-bond donors (Lipinski definition) is 2. The largest absolute Gasteiger partial charge is 0.358 e. The van der Waals surface area contributed by atoms with E-state index in [1.54, 1.807) is 0 Å². The van der Waals surface area contributed by atoms with Crippen molar-refractivity contribution in [1.82, 2.24) is 15.1 Å². The van der Waals surface area contributed by atoms with Gasteiger partial charge in [-0.05, 0) is 34.6 Å². The molecule has 1 heterocycles. The van der Waals surface area contributed by atoms with Gasteiger partial charge in [0, 0.05) is 18.6 Å². The van der Waals surface area contributed by atoms with Crippen molar-refractivity contribution in [2.75, 3.05) is 51.6 Å². The van der Waals surface area contributed by atoms with Gasteiger partial charge in [0.05, 0.1) is 31.9 Å². The molecule has 0 atom stereocenters. The normalized spacial score (nSPS) is 15.8. The average molecular weight is 390 g/mol. The van der Waals surface area contributed by atoms with Crippen LogP contribution in [0.25, 0.3) is 0 Å². The van der Waals surface area contributed by atoms with E-state index < -0.39 is 0 Å². The number of carbonyl (C=O) groups excluding carboxylic acids is 2. The molecule has 1 saturated heterocycles. The van der Waals surface area contributed by atoms with Gasteiger partial charge in [0.1, 0.15) is 4.32 Å². The third kappa shape index (κ3) is 8.37. The summed E-state index contributed by atoms with van der Waals surface area (Å²) in [4.78, 5) is 29.6. The Balaban J connectivity index is 2.32. The number of thiocarbonyl (C=S) groups is 1. The molecule has 1 aliphatic heterocycles. The Labute approximate surface area is 161 Å². The summed E-state index contributed by atoms with van der Waals surface area (Å²) in [5, 5.41) is 2.99. The van der Waals surface area contributed by atoms with E-state index in [1.165, 1.54) is 16.7 Å². The lowest BCUT2D eigenvalue weighted by Gasteiger charge is -2.32. The van der Waals surface area contributed by atoms with Crippen LogP contribution in [0.15, 0.2) is 0 Å². The second-order valence-electron chi connectivity index (χ2n) is 7.33. The van der Waals surface area contributed by atoms with Crippen LogP contribution in [0.1, 0.15) is 34.6 Å². The number of nitrogens with one attached hydrogen (secondary N) is 2. The molecular weight excluding hydrogens is 356 g/mol. The van der Waals surface area contributed by atoms with Gasteiger partial charge < -0.3 is 20.0 Å². The molecule has 2 N–H and O–H groups in total. The number of hydrogen-bond acceptors (Lipinski definition) is 4. The molecule has 1 rings (SSSR count). The maximum atomic E-state index is 12.4. The number of nitrogens with zero attached hydrogens (tertiary/aromatic N) is 2. The summed E-state index contributed by atoms with van der Waals surface area (Å²) in [6.07, 6.45) is 0. The third-order valence-corrected chi connectivity index (χ3v) is 5.60. The van der Waals surface area contributed by atoms with Crippen LogP contribution < -0.4 is 10.2 Å². The van der Waals surface area contributed by atoms with Gasteiger partial charge in [-0.25, -0.2) is 0 Å². The minimum Gasteiger partial charge on any atom is -0.358 e. The SMILES string of the molecule is CCN(CC)C(=S)SCC(=O)N1CC[NH+](CC(=O)NC(C)(C)C)CC1. The Bertz CT molecular complexity index is 468. The van der Waals surface area contributed by atoms with Gasteiger partial charge >= 0.3 is 0 Å². The van der Waals surface area contributed by atoms with Crippen LogP contribution in [0.3, 0.4) is 0 Å². The zero-order chi connectivity index (χ0) is 19.0. The highest BCUT2D eigenvalue weighted by atomic mass is 32.2. The van der Waals surface area contributed by atoms with Crippen molar-refractivity contribution in [1.29, 1.82) is 0 Å². The highest BCUT2D eigenvalue weighted by Gasteiger charge is 2.26. The second kappa shape index (κ2) is 10.3. The molecule has 8 heteroatoms. The predicted molar refractivity (Wildman–Crippen MR) is 108 cm³/mol. The van der Waals surface area contributed by atoms with Crippen LogP contribution in [0.4, 0.5) is 0 Å². The van der Waals surface area contributed by atoms with Crippen LogP contribution in [0.5, 0.6) is 0 Å². The minimum atomic E-state index is -0.200. The molecule has 144 valence electrons. The van der Waals surface area contributed by atoms with Crippen LogP contribution in [0, 0.1) is 0 Å². The average Bonchev–Trinajstić information content (AvgIpc) is 2.52. The molecule has 2 amide bonds. The van der Waals surface area contributed by atoms with Crippen molar-refractivity contribution in [2.24, 2.45) is 0 Å². The standard InChI is InChI=1S/C17H32N4O2S2/c1-6-20(7-2)16(24)25-13-15(23)21-10-8-19(9-11-21)12-14(22)18-17(3,4)5/h6-13H2,1-5H3,(H,18,22)/p+1. The topological polar surface area (TPSA) is 57.1 Å². The molecule has 0 radical (unpaired) electrons. The lowest BCUT2D eigenvalue weighted by molar-refractivity contribution is -0.896. The molecule has 0 bridgehead atoms. The predicted octanol–water partition coefficient (Wildman–Crippen LogP) is -0.0119. The first kappa shape index (κ1) is 22.2. The molecule has 1 aliphatic rings. The first-order valence-electron chi connectivity index (χ1n) is 9.00. The number of thioether (sulfide) groups is 1. The fraction of sp³-hybridized carbons (Fsp3) is 0.824. The minimum absolute atomic E-state index is 0.0717. The first-order valence-corrected chi connectivity index (χ1v) is 10.4. The summed E-state index contributed by atoms with van der Waals surface area (Å²) < 4.78 is 0.793. The van der Waals surface area contributed by atoms with Gasteiger partial charge in [0.2, 0.25) is 5.91 Å². The molecule has 1 fully saturated rings. The Kier molecular flexibility index (Phi) is 9.16. The molecule has 25 heavy (non-hydrogen) atoms. The van der Waals surface area contributed by atoms with E-state index in [2.05, 4.69) is 24.1 Å². The van der Waals surface area contributed by atoms with E-state index >= 15 is 0 Å². The molecular formula is C17H33N4O2S2+. The quantitative estimate of drug-likeness (QED) is 0.626.